The van der Waals surface area contributed by atoms with Gasteiger partial charge in [0.1, 0.15) is 11.3 Å². The number of hydrogen-bond donors (Lipinski definition) is 1. The lowest BCUT2D eigenvalue weighted by molar-refractivity contribution is 0.440. The Kier molecular flexibility index (Phi) is 4.34. The summed E-state index contributed by atoms with van der Waals surface area (Å²) in [6.07, 6.45) is 0. The average molecular weight is 307 g/mol. The Labute approximate surface area is 129 Å². The highest BCUT2D eigenvalue weighted by Gasteiger charge is 2.32. The minimum atomic E-state index is 0.288. The molecule has 2 aromatic rings. The first-order valence-corrected chi connectivity index (χ1v) is 9.19. The predicted octanol–water partition coefficient (Wildman–Crippen LogP) is 4.24. The molecular weight excluding hydrogens is 286 g/mol. The van der Waals surface area contributed by atoms with Crippen molar-refractivity contribution >= 4 is 34.5 Å². The van der Waals surface area contributed by atoms with Gasteiger partial charge in [0.25, 0.3) is 0 Å². The Morgan fingerprint density at radius 1 is 1.25 bits per heavy atom. The maximum atomic E-state index is 6.09. The van der Waals surface area contributed by atoms with Crippen LogP contribution >= 0.6 is 23.5 Å². The quantitative estimate of drug-likeness (QED) is 0.917. The Hall–Kier alpha value is -0.580. The number of benzene rings is 1. The van der Waals surface area contributed by atoms with Crippen LogP contribution in [0.25, 0.3) is 11.0 Å². The number of thioether (sulfide) groups is 2. The van der Waals surface area contributed by atoms with E-state index < -0.39 is 0 Å². The van der Waals surface area contributed by atoms with E-state index in [1.54, 1.807) is 0 Å². The van der Waals surface area contributed by atoms with Gasteiger partial charge in [-0.25, -0.2) is 0 Å². The number of hydrogen-bond acceptors (Lipinski definition) is 4. The molecule has 1 saturated heterocycles. The Balaban J connectivity index is 1.94. The number of aryl methyl sites for hydroxylation is 1. The minimum Gasteiger partial charge on any atom is -0.459 e. The highest BCUT2D eigenvalue weighted by Crippen LogP contribution is 2.39. The minimum absolute atomic E-state index is 0.288. The lowest BCUT2D eigenvalue weighted by Gasteiger charge is -2.33. The molecule has 1 aromatic carbocycles. The zero-order valence-electron chi connectivity index (χ0n) is 12.2. The van der Waals surface area contributed by atoms with Crippen LogP contribution in [0.5, 0.6) is 0 Å². The van der Waals surface area contributed by atoms with Crippen LogP contribution in [-0.2, 0) is 0 Å². The van der Waals surface area contributed by atoms with Crippen LogP contribution in [0.4, 0.5) is 0 Å². The molecule has 0 bridgehead atoms. The van der Waals surface area contributed by atoms with Crippen molar-refractivity contribution < 1.29 is 4.42 Å². The van der Waals surface area contributed by atoms with Crippen molar-refractivity contribution in [1.82, 2.24) is 5.32 Å². The smallest absolute Gasteiger partial charge is 0.134 e. The van der Waals surface area contributed by atoms with E-state index in [-0.39, 0.29) is 6.04 Å². The lowest BCUT2D eigenvalue weighted by Crippen LogP contribution is -2.35. The molecule has 20 heavy (non-hydrogen) atoms. The lowest BCUT2D eigenvalue weighted by atomic mass is 10.1. The second-order valence-electron chi connectivity index (χ2n) is 5.37. The molecule has 0 saturated carbocycles. The van der Waals surface area contributed by atoms with E-state index in [2.05, 4.69) is 67.0 Å². The molecule has 0 radical (unpaired) electrons. The molecule has 3 unspecified atom stereocenters. The van der Waals surface area contributed by atoms with Crippen LogP contribution in [0, 0.1) is 6.92 Å². The molecule has 0 aliphatic carbocycles. The zero-order chi connectivity index (χ0) is 14.1. The second-order valence-corrected chi connectivity index (χ2v) is 8.14. The summed E-state index contributed by atoms with van der Waals surface area (Å²) in [5.74, 6) is 3.56. The molecule has 108 valence electrons. The van der Waals surface area contributed by atoms with Crippen molar-refractivity contribution in [1.29, 1.82) is 0 Å². The summed E-state index contributed by atoms with van der Waals surface area (Å²) in [5, 5.41) is 5.90. The van der Waals surface area contributed by atoms with E-state index in [1.807, 2.05) is 7.05 Å². The van der Waals surface area contributed by atoms with E-state index >= 15 is 0 Å². The first kappa shape index (κ1) is 14.4. The first-order chi connectivity index (χ1) is 9.69. The molecule has 1 aliphatic rings. The van der Waals surface area contributed by atoms with Crippen molar-refractivity contribution in [3.63, 3.8) is 0 Å². The van der Waals surface area contributed by atoms with Gasteiger partial charge in [0.2, 0.25) is 0 Å². The third-order valence-corrected chi connectivity index (χ3v) is 7.07. The largest absolute Gasteiger partial charge is 0.459 e. The highest BCUT2D eigenvalue weighted by atomic mass is 32.2. The van der Waals surface area contributed by atoms with Crippen LogP contribution in [0.2, 0.25) is 0 Å². The van der Waals surface area contributed by atoms with Crippen LogP contribution in [0.1, 0.15) is 24.3 Å². The van der Waals surface area contributed by atoms with Gasteiger partial charge < -0.3 is 9.73 Å². The summed E-state index contributed by atoms with van der Waals surface area (Å²) in [4.78, 5) is 0. The van der Waals surface area contributed by atoms with Gasteiger partial charge in [0, 0.05) is 27.4 Å². The van der Waals surface area contributed by atoms with Crippen LogP contribution < -0.4 is 5.32 Å². The first-order valence-electron chi connectivity index (χ1n) is 7.09. The molecule has 0 spiro atoms. The molecular formula is C16H21NOS2. The Morgan fingerprint density at radius 3 is 2.80 bits per heavy atom. The van der Waals surface area contributed by atoms with E-state index in [0.29, 0.717) is 10.5 Å². The summed E-state index contributed by atoms with van der Waals surface area (Å²) in [6, 6.07) is 8.87. The summed E-state index contributed by atoms with van der Waals surface area (Å²) in [5.41, 5.74) is 2.27. The van der Waals surface area contributed by atoms with Crippen molar-refractivity contribution in [3.05, 3.63) is 35.6 Å². The van der Waals surface area contributed by atoms with Gasteiger partial charge in [-0.2, -0.15) is 23.5 Å². The van der Waals surface area contributed by atoms with Gasteiger partial charge in [-0.05, 0) is 32.2 Å². The van der Waals surface area contributed by atoms with E-state index in [9.17, 15) is 0 Å². The fraction of sp³-hybridized carbons (Fsp3) is 0.500. The second kappa shape index (κ2) is 6.04. The van der Waals surface area contributed by atoms with Crippen LogP contribution in [0.3, 0.4) is 0 Å². The van der Waals surface area contributed by atoms with Crippen LogP contribution in [0.15, 0.2) is 28.7 Å². The van der Waals surface area contributed by atoms with Crippen molar-refractivity contribution in [3.8, 4) is 0 Å². The fourth-order valence-electron chi connectivity index (χ4n) is 2.82. The fourth-order valence-corrected chi connectivity index (χ4v) is 5.79. The third kappa shape index (κ3) is 2.74. The van der Waals surface area contributed by atoms with E-state index in [4.69, 9.17) is 4.42 Å². The highest BCUT2D eigenvalue weighted by molar-refractivity contribution is 8.07. The topological polar surface area (TPSA) is 25.2 Å². The van der Waals surface area contributed by atoms with E-state index in [0.717, 1.165) is 11.3 Å². The predicted molar refractivity (Wildman–Crippen MR) is 90.9 cm³/mol. The monoisotopic (exact) mass is 307 g/mol. The average Bonchev–Trinajstić information content (AvgIpc) is 2.84. The van der Waals surface area contributed by atoms with Gasteiger partial charge >= 0.3 is 0 Å². The molecule has 2 heterocycles. The Morgan fingerprint density at radius 2 is 2.05 bits per heavy atom. The summed E-state index contributed by atoms with van der Waals surface area (Å²) < 4.78 is 6.09. The van der Waals surface area contributed by atoms with E-state index in [1.165, 1.54) is 22.5 Å². The molecule has 4 heteroatoms. The number of furan rings is 1. The SMILES string of the molecule is CNC(c1cc2cc(C)ccc2o1)C1SCCSC1C. The van der Waals surface area contributed by atoms with Crippen molar-refractivity contribution in [2.45, 2.75) is 30.4 Å². The molecule has 3 rings (SSSR count). The van der Waals surface area contributed by atoms with Crippen LogP contribution in [-0.4, -0.2) is 29.1 Å². The normalized spacial score (nSPS) is 24.9. The molecule has 3 atom stereocenters. The van der Waals surface area contributed by atoms with Gasteiger partial charge in [-0.15, -0.1) is 0 Å². The number of fused-ring (bicyclic) bond motifs is 1. The summed E-state index contributed by atoms with van der Waals surface area (Å²) >= 11 is 4.14. The molecule has 0 amide bonds. The third-order valence-electron chi connectivity index (χ3n) is 3.87. The number of nitrogens with one attached hydrogen (secondary N) is 1. The van der Waals surface area contributed by atoms with Gasteiger partial charge in [0.05, 0.1) is 6.04 Å². The molecule has 1 N–H and O–H groups in total. The molecule has 1 aliphatic heterocycles. The molecule has 1 aromatic heterocycles. The van der Waals surface area contributed by atoms with Gasteiger partial charge in [0.15, 0.2) is 0 Å². The van der Waals surface area contributed by atoms with Crippen molar-refractivity contribution in [2.75, 3.05) is 18.6 Å². The van der Waals surface area contributed by atoms with Gasteiger partial charge in [-0.1, -0.05) is 18.6 Å². The maximum Gasteiger partial charge on any atom is 0.134 e. The summed E-state index contributed by atoms with van der Waals surface area (Å²) in [6.45, 7) is 4.45. The van der Waals surface area contributed by atoms with Crippen molar-refractivity contribution in [2.24, 2.45) is 0 Å². The van der Waals surface area contributed by atoms with Gasteiger partial charge in [-0.3, -0.25) is 0 Å². The molecule has 2 nitrogen and oxygen atoms in total. The standard InChI is InChI=1S/C16H21NOS2/c1-10-4-5-13-12(8-10)9-14(18-13)15(17-3)16-11(2)19-6-7-20-16/h4-5,8-9,11,15-17H,6-7H2,1-3H3. The number of rotatable bonds is 3. The Bertz CT molecular complexity index is 595. The zero-order valence-corrected chi connectivity index (χ0v) is 13.8. The molecule has 1 fully saturated rings. The maximum absolute atomic E-state index is 6.09. The summed E-state index contributed by atoms with van der Waals surface area (Å²) in [7, 11) is 2.04.